The largest absolute Gasteiger partial charge is 0.481 e. The average molecular weight is 661 g/mol. The van der Waals surface area contributed by atoms with E-state index in [9.17, 15) is 29.4 Å². The molecule has 0 radical (unpaired) electrons. The monoisotopic (exact) mass is 660 g/mol. The van der Waals surface area contributed by atoms with E-state index in [1.165, 1.54) is 6.08 Å². The maximum atomic E-state index is 12.9. The maximum absolute atomic E-state index is 12.9. The molecular formula is C36H52O11. The number of esters is 1. The van der Waals surface area contributed by atoms with Gasteiger partial charge in [-0.3, -0.25) is 9.59 Å². The van der Waals surface area contributed by atoms with Crippen LogP contribution in [0.25, 0.3) is 0 Å². The minimum atomic E-state index is -1.09. The summed E-state index contributed by atoms with van der Waals surface area (Å²) in [6, 6.07) is 0. The molecule has 47 heavy (non-hydrogen) atoms. The number of carboxylic acid groups (broad SMARTS) is 3. The van der Waals surface area contributed by atoms with Crippen LogP contribution in [0.3, 0.4) is 0 Å². The van der Waals surface area contributed by atoms with Crippen molar-refractivity contribution in [3.63, 3.8) is 0 Å². The lowest BCUT2D eigenvalue weighted by molar-refractivity contribution is -0.344. The van der Waals surface area contributed by atoms with Gasteiger partial charge >= 0.3 is 23.9 Å². The number of unbranched alkanes of at least 4 members (excludes halogenated alkanes) is 1. The topological polar surface area (TPSA) is 177 Å². The molecule has 2 heterocycles. The van der Waals surface area contributed by atoms with Crippen LogP contribution in [0, 0.1) is 11.8 Å². The second kappa shape index (κ2) is 18.7. The van der Waals surface area contributed by atoms with Crippen molar-refractivity contribution in [1.29, 1.82) is 0 Å². The van der Waals surface area contributed by atoms with Crippen molar-refractivity contribution in [3.8, 4) is 0 Å². The van der Waals surface area contributed by atoms with Gasteiger partial charge < -0.3 is 34.6 Å². The molecule has 0 aromatic carbocycles. The molecule has 0 aromatic heterocycles. The quantitative estimate of drug-likeness (QED) is 0.0802. The Morgan fingerprint density at radius 2 is 1.66 bits per heavy atom. The van der Waals surface area contributed by atoms with E-state index < -0.39 is 47.5 Å². The number of aliphatic carboxylic acids is 3. The third-order valence-corrected chi connectivity index (χ3v) is 8.78. The molecule has 2 saturated heterocycles. The Hall–Kier alpha value is -3.54. The highest BCUT2D eigenvalue weighted by molar-refractivity contribution is 5.81. The smallest absolute Gasteiger partial charge is 0.328 e. The van der Waals surface area contributed by atoms with Gasteiger partial charge in [-0.25, -0.2) is 9.59 Å². The van der Waals surface area contributed by atoms with E-state index in [-0.39, 0.29) is 30.8 Å². The van der Waals surface area contributed by atoms with Crippen LogP contribution in [-0.2, 0) is 33.4 Å². The number of aliphatic hydroxyl groups excluding tert-OH is 1. The molecule has 1 spiro atoms. The zero-order valence-electron chi connectivity index (χ0n) is 28.2. The molecule has 11 nitrogen and oxygen atoms in total. The van der Waals surface area contributed by atoms with Gasteiger partial charge in [0.25, 0.3) is 0 Å². The molecule has 262 valence electrons. The summed E-state index contributed by atoms with van der Waals surface area (Å²) in [5.74, 6) is -4.98. The Morgan fingerprint density at radius 3 is 2.30 bits per heavy atom. The number of allylic oxidation sites excluding steroid dienone is 4. The molecule has 0 amide bonds. The average Bonchev–Trinajstić information content (AvgIpc) is 3.01. The van der Waals surface area contributed by atoms with Crippen molar-refractivity contribution >= 4 is 23.9 Å². The SMILES string of the molecule is CCCC[C@]1(OC(=O)CCC(=O)O)CC[C@]2(CC[C@H](C)[C@H](C/C=C(C)/C=C/[C@H](O)[C@H](C)/C=C\C(=O)O)O2)O[C@@H]1/C=C/C(C)=C/C(=O)O. The molecule has 4 N–H and O–H groups in total. The second-order valence-corrected chi connectivity index (χ2v) is 12.8. The predicted molar refractivity (Wildman–Crippen MR) is 175 cm³/mol. The first-order valence-corrected chi connectivity index (χ1v) is 16.4. The summed E-state index contributed by atoms with van der Waals surface area (Å²) in [6.45, 7) is 9.44. The van der Waals surface area contributed by atoms with Crippen LogP contribution in [0.1, 0.15) is 98.8 Å². The van der Waals surface area contributed by atoms with E-state index in [2.05, 4.69) is 6.92 Å². The third-order valence-electron chi connectivity index (χ3n) is 8.78. The summed E-state index contributed by atoms with van der Waals surface area (Å²) in [4.78, 5) is 46.0. The number of aliphatic hydroxyl groups is 1. The van der Waals surface area contributed by atoms with E-state index in [1.807, 2.05) is 19.9 Å². The van der Waals surface area contributed by atoms with E-state index in [1.54, 1.807) is 38.2 Å². The van der Waals surface area contributed by atoms with Crippen LogP contribution in [-0.4, -0.2) is 74.0 Å². The molecule has 0 aliphatic carbocycles. The van der Waals surface area contributed by atoms with Gasteiger partial charge in [-0.15, -0.1) is 0 Å². The number of carboxylic acids is 3. The summed E-state index contributed by atoms with van der Waals surface area (Å²) in [5.41, 5.74) is 0.314. The highest BCUT2D eigenvalue weighted by Crippen LogP contribution is 2.48. The molecule has 7 atom stereocenters. The molecule has 0 unspecified atom stereocenters. The van der Waals surface area contributed by atoms with E-state index in [0.717, 1.165) is 37.0 Å². The first-order chi connectivity index (χ1) is 22.1. The summed E-state index contributed by atoms with van der Waals surface area (Å²) in [5, 5.41) is 37.5. The van der Waals surface area contributed by atoms with Crippen LogP contribution in [0.4, 0.5) is 0 Å². The lowest BCUT2D eigenvalue weighted by atomic mass is 9.78. The van der Waals surface area contributed by atoms with E-state index in [4.69, 9.17) is 24.4 Å². The fraction of sp³-hybridized carbons (Fsp3) is 0.611. The van der Waals surface area contributed by atoms with Crippen LogP contribution in [0.5, 0.6) is 0 Å². The van der Waals surface area contributed by atoms with Gasteiger partial charge in [-0.05, 0) is 57.4 Å². The molecule has 2 aliphatic rings. The lowest BCUT2D eigenvalue weighted by Gasteiger charge is -2.53. The Kier molecular flexibility index (Phi) is 15.8. The van der Waals surface area contributed by atoms with Gasteiger partial charge in [-0.1, -0.05) is 69.2 Å². The third kappa shape index (κ3) is 13.2. The molecule has 2 rings (SSSR count). The van der Waals surface area contributed by atoms with Crippen LogP contribution in [0.2, 0.25) is 0 Å². The Bertz CT molecular complexity index is 1250. The molecule has 0 bridgehead atoms. The Morgan fingerprint density at radius 1 is 0.936 bits per heavy atom. The van der Waals surface area contributed by atoms with Gasteiger partial charge in [0, 0.05) is 30.9 Å². The minimum absolute atomic E-state index is 0.186. The first kappa shape index (κ1) is 39.6. The molecular weight excluding hydrogens is 608 g/mol. The zero-order chi connectivity index (χ0) is 35.2. The van der Waals surface area contributed by atoms with Gasteiger partial charge in [0.2, 0.25) is 0 Å². The van der Waals surface area contributed by atoms with Gasteiger partial charge in [0.15, 0.2) is 5.79 Å². The fourth-order valence-electron chi connectivity index (χ4n) is 5.81. The summed E-state index contributed by atoms with van der Waals surface area (Å²) in [6.07, 6.45) is 14.9. The summed E-state index contributed by atoms with van der Waals surface area (Å²) >= 11 is 0. The Balaban J connectivity index is 2.31. The van der Waals surface area contributed by atoms with Crippen molar-refractivity contribution in [2.75, 3.05) is 0 Å². The first-order valence-electron chi connectivity index (χ1n) is 16.4. The van der Waals surface area contributed by atoms with Gasteiger partial charge in [0.05, 0.1) is 25.0 Å². The predicted octanol–water partition coefficient (Wildman–Crippen LogP) is 6.13. The molecule has 2 fully saturated rings. The number of ether oxygens (including phenoxy) is 3. The standard InChI is InChI=1S/C36H52O11/c1-6-7-19-35(47-34(44)17-16-32(40)41)21-22-36(46-30(35)14-10-25(3)23-33(42)43)20-18-27(5)29(45-36)13-9-24(2)8-12-28(37)26(4)11-15-31(38)39/h8-12,14-15,23,26-30,37H,6-7,13,16-22H2,1-5H3,(H,38,39)(H,40,41)(H,42,43)/b12-8+,14-10+,15-11-,24-9+,25-23+/t26-,27+,28+,29+,30-,35+,36+/m1/s1. The summed E-state index contributed by atoms with van der Waals surface area (Å²) in [7, 11) is 0. The minimum Gasteiger partial charge on any atom is -0.481 e. The van der Waals surface area contributed by atoms with Crippen molar-refractivity contribution < 1.29 is 53.8 Å². The highest BCUT2D eigenvalue weighted by atomic mass is 16.7. The van der Waals surface area contributed by atoms with Crippen molar-refractivity contribution in [2.24, 2.45) is 11.8 Å². The maximum Gasteiger partial charge on any atom is 0.328 e. The lowest BCUT2D eigenvalue weighted by Crippen LogP contribution is -2.59. The molecule has 0 saturated carbocycles. The highest BCUT2D eigenvalue weighted by Gasteiger charge is 2.54. The number of carbonyl (C=O) groups is 4. The number of carbonyl (C=O) groups excluding carboxylic acids is 1. The second-order valence-electron chi connectivity index (χ2n) is 12.8. The van der Waals surface area contributed by atoms with Crippen LogP contribution < -0.4 is 0 Å². The normalized spacial score (nSPS) is 28.6. The van der Waals surface area contributed by atoms with Crippen molar-refractivity contribution in [3.05, 3.63) is 59.8 Å². The summed E-state index contributed by atoms with van der Waals surface area (Å²) < 4.78 is 19.5. The van der Waals surface area contributed by atoms with Gasteiger partial charge in [-0.2, -0.15) is 0 Å². The van der Waals surface area contributed by atoms with Crippen LogP contribution in [0.15, 0.2) is 59.8 Å². The Labute approximate surface area is 277 Å². The number of hydrogen-bond acceptors (Lipinski definition) is 8. The molecule has 11 heteroatoms. The zero-order valence-corrected chi connectivity index (χ0v) is 28.2. The fourth-order valence-corrected chi connectivity index (χ4v) is 5.81. The van der Waals surface area contributed by atoms with E-state index in [0.29, 0.717) is 37.7 Å². The number of hydrogen-bond donors (Lipinski definition) is 4. The van der Waals surface area contributed by atoms with Crippen molar-refractivity contribution in [1.82, 2.24) is 0 Å². The van der Waals surface area contributed by atoms with Crippen LogP contribution >= 0.6 is 0 Å². The number of rotatable bonds is 17. The van der Waals surface area contributed by atoms with Crippen molar-refractivity contribution in [2.45, 2.75) is 129 Å². The molecule has 2 aliphatic heterocycles. The van der Waals surface area contributed by atoms with E-state index >= 15 is 0 Å². The molecule has 0 aromatic rings. The van der Waals surface area contributed by atoms with Gasteiger partial charge in [0.1, 0.15) is 11.7 Å².